The van der Waals surface area contributed by atoms with Crippen LogP contribution in [-0.2, 0) is 21.4 Å². The predicted molar refractivity (Wildman–Crippen MR) is 139 cm³/mol. The summed E-state index contributed by atoms with van der Waals surface area (Å²) in [6, 6.07) is 14.8. The van der Waals surface area contributed by atoms with E-state index in [1.165, 1.54) is 37.7 Å². The normalized spacial score (nSPS) is 18.2. The number of nitrogens with zero attached hydrogens (tertiary/aromatic N) is 1. The zero-order chi connectivity index (χ0) is 24.7. The molecule has 4 rings (SSSR count). The molecular weight excluding hydrogens is 462 g/mol. The lowest BCUT2D eigenvalue weighted by Crippen LogP contribution is -2.41. The SMILES string of the molecule is CS(=O)(=O)Nc1ccc(Oc2ccc(CN3CCC(C(=O)NCC4CCCCC4)CC3)cc2)cc1. The molecule has 35 heavy (non-hydrogen) atoms. The first kappa shape index (κ1) is 25.5. The molecule has 1 aliphatic heterocycles. The van der Waals surface area contributed by atoms with E-state index in [2.05, 4.69) is 27.1 Å². The largest absolute Gasteiger partial charge is 0.457 e. The van der Waals surface area contributed by atoms with Gasteiger partial charge in [0.1, 0.15) is 11.5 Å². The van der Waals surface area contributed by atoms with Crippen LogP contribution in [0, 0.1) is 11.8 Å². The summed E-state index contributed by atoms with van der Waals surface area (Å²) in [4.78, 5) is 15.0. The molecular formula is C27H37N3O4S. The molecule has 2 aliphatic rings. The van der Waals surface area contributed by atoms with E-state index in [1.54, 1.807) is 24.3 Å². The zero-order valence-electron chi connectivity index (χ0n) is 20.5. The van der Waals surface area contributed by atoms with Gasteiger partial charge < -0.3 is 10.1 Å². The van der Waals surface area contributed by atoms with Crippen LogP contribution in [0.5, 0.6) is 11.5 Å². The van der Waals surface area contributed by atoms with E-state index in [1.807, 2.05) is 12.1 Å². The zero-order valence-corrected chi connectivity index (χ0v) is 21.4. The summed E-state index contributed by atoms with van der Waals surface area (Å²) in [7, 11) is -3.30. The Kier molecular flexibility index (Phi) is 8.68. The van der Waals surface area contributed by atoms with Crippen LogP contribution in [0.4, 0.5) is 5.69 Å². The highest BCUT2D eigenvalue weighted by Gasteiger charge is 2.25. The number of anilines is 1. The van der Waals surface area contributed by atoms with Gasteiger partial charge in [0, 0.05) is 24.7 Å². The van der Waals surface area contributed by atoms with Crippen LogP contribution in [-0.4, -0.2) is 45.1 Å². The Morgan fingerprint density at radius 3 is 2.11 bits per heavy atom. The fourth-order valence-corrected chi connectivity index (χ4v) is 5.56. The lowest BCUT2D eigenvalue weighted by molar-refractivity contribution is -0.126. The topological polar surface area (TPSA) is 87.7 Å². The van der Waals surface area contributed by atoms with Gasteiger partial charge in [0.05, 0.1) is 6.26 Å². The first-order valence-corrected chi connectivity index (χ1v) is 14.6. The third kappa shape index (κ3) is 8.25. The molecule has 0 bridgehead atoms. The Labute approximate surface area is 209 Å². The van der Waals surface area contributed by atoms with Gasteiger partial charge in [0.2, 0.25) is 15.9 Å². The highest BCUT2D eigenvalue weighted by Crippen LogP contribution is 2.26. The second-order valence-corrected chi connectivity index (χ2v) is 11.7. The van der Waals surface area contributed by atoms with Gasteiger partial charge in [-0.15, -0.1) is 0 Å². The third-order valence-electron chi connectivity index (χ3n) is 6.97. The van der Waals surface area contributed by atoms with E-state index in [0.29, 0.717) is 17.4 Å². The highest BCUT2D eigenvalue weighted by molar-refractivity contribution is 7.92. The molecule has 1 saturated carbocycles. The predicted octanol–water partition coefficient (Wildman–Crippen LogP) is 4.76. The average molecular weight is 500 g/mol. The van der Waals surface area contributed by atoms with Crippen LogP contribution >= 0.6 is 0 Å². The van der Waals surface area contributed by atoms with Crippen molar-refractivity contribution >= 4 is 21.6 Å². The maximum absolute atomic E-state index is 12.6. The Morgan fingerprint density at radius 1 is 0.914 bits per heavy atom. The van der Waals surface area contributed by atoms with Gasteiger partial charge in [-0.05, 0) is 86.7 Å². The number of nitrogens with one attached hydrogen (secondary N) is 2. The van der Waals surface area contributed by atoms with Crippen LogP contribution in [0.3, 0.4) is 0 Å². The maximum atomic E-state index is 12.6. The van der Waals surface area contributed by atoms with Crippen molar-refractivity contribution in [2.24, 2.45) is 11.8 Å². The summed E-state index contributed by atoms with van der Waals surface area (Å²) in [5.74, 6) is 2.43. The Balaban J connectivity index is 1.19. The fourth-order valence-electron chi connectivity index (χ4n) is 5.00. The number of carbonyl (C=O) groups is 1. The number of ether oxygens (including phenoxy) is 1. The second kappa shape index (κ2) is 11.9. The number of carbonyl (C=O) groups excluding carboxylic acids is 1. The van der Waals surface area contributed by atoms with Gasteiger partial charge in [-0.25, -0.2) is 8.42 Å². The van der Waals surface area contributed by atoms with Crippen LogP contribution in [0.15, 0.2) is 48.5 Å². The summed E-state index contributed by atoms with van der Waals surface area (Å²) in [5.41, 5.74) is 1.71. The number of hydrogen-bond donors (Lipinski definition) is 2. The summed E-state index contributed by atoms with van der Waals surface area (Å²) in [6.07, 6.45) is 9.45. The van der Waals surface area contributed by atoms with Crippen LogP contribution in [0.25, 0.3) is 0 Å². The molecule has 2 N–H and O–H groups in total. The van der Waals surface area contributed by atoms with Crippen molar-refractivity contribution < 1.29 is 17.9 Å². The minimum Gasteiger partial charge on any atom is -0.457 e. The number of sulfonamides is 1. The molecule has 2 aromatic rings. The lowest BCUT2D eigenvalue weighted by Gasteiger charge is -2.32. The minimum atomic E-state index is -3.30. The summed E-state index contributed by atoms with van der Waals surface area (Å²) >= 11 is 0. The number of likely N-dealkylation sites (tertiary alicyclic amines) is 1. The van der Waals surface area contributed by atoms with Crippen molar-refractivity contribution in [1.82, 2.24) is 10.2 Å². The molecule has 2 aromatic carbocycles. The molecule has 0 radical (unpaired) electrons. The quantitative estimate of drug-likeness (QED) is 0.519. The molecule has 0 unspecified atom stereocenters. The summed E-state index contributed by atoms with van der Waals surface area (Å²) < 4.78 is 30.9. The fraction of sp³-hybridized carbons (Fsp3) is 0.519. The number of piperidine rings is 1. The van der Waals surface area contributed by atoms with E-state index in [9.17, 15) is 13.2 Å². The molecule has 8 heteroatoms. The van der Waals surface area contributed by atoms with Crippen molar-refractivity contribution in [2.45, 2.75) is 51.5 Å². The van der Waals surface area contributed by atoms with Crippen LogP contribution in [0.2, 0.25) is 0 Å². The van der Waals surface area contributed by atoms with E-state index < -0.39 is 10.0 Å². The second-order valence-electron chi connectivity index (χ2n) is 9.94. The lowest BCUT2D eigenvalue weighted by atomic mass is 9.89. The van der Waals surface area contributed by atoms with Gasteiger partial charge >= 0.3 is 0 Å². The van der Waals surface area contributed by atoms with Crippen LogP contribution < -0.4 is 14.8 Å². The van der Waals surface area contributed by atoms with E-state index in [-0.39, 0.29) is 11.8 Å². The van der Waals surface area contributed by atoms with Crippen molar-refractivity contribution in [3.05, 3.63) is 54.1 Å². The van der Waals surface area contributed by atoms with Gasteiger partial charge in [-0.2, -0.15) is 0 Å². The van der Waals surface area contributed by atoms with Crippen molar-refractivity contribution in [3.63, 3.8) is 0 Å². The Bertz CT molecular complexity index is 1060. The van der Waals surface area contributed by atoms with E-state index in [0.717, 1.165) is 51.0 Å². The summed E-state index contributed by atoms with van der Waals surface area (Å²) in [6.45, 7) is 3.60. The van der Waals surface area contributed by atoms with E-state index >= 15 is 0 Å². The van der Waals surface area contributed by atoms with Gasteiger partial charge in [0.25, 0.3) is 0 Å². The molecule has 1 heterocycles. The van der Waals surface area contributed by atoms with Gasteiger partial charge in [-0.3, -0.25) is 14.4 Å². The Hall–Kier alpha value is -2.58. The number of hydrogen-bond acceptors (Lipinski definition) is 5. The van der Waals surface area contributed by atoms with Crippen LogP contribution in [0.1, 0.15) is 50.5 Å². The monoisotopic (exact) mass is 499 g/mol. The van der Waals surface area contributed by atoms with Crippen molar-refractivity contribution in [2.75, 3.05) is 30.6 Å². The molecule has 190 valence electrons. The summed E-state index contributed by atoms with van der Waals surface area (Å²) in [5, 5.41) is 3.22. The van der Waals surface area contributed by atoms with Crippen molar-refractivity contribution in [1.29, 1.82) is 0 Å². The number of benzene rings is 2. The first-order valence-electron chi connectivity index (χ1n) is 12.7. The van der Waals surface area contributed by atoms with Crippen molar-refractivity contribution in [3.8, 4) is 11.5 Å². The molecule has 1 aliphatic carbocycles. The molecule has 0 atom stereocenters. The number of rotatable bonds is 9. The highest BCUT2D eigenvalue weighted by atomic mass is 32.2. The molecule has 0 aromatic heterocycles. The molecule has 7 nitrogen and oxygen atoms in total. The molecule has 1 amide bonds. The van der Waals surface area contributed by atoms with E-state index in [4.69, 9.17) is 4.74 Å². The van der Waals surface area contributed by atoms with Gasteiger partial charge in [0.15, 0.2) is 0 Å². The standard InChI is InChI=1S/C27H37N3O4S/c1-35(32,33)29-24-9-13-26(14-10-24)34-25-11-7-22(8-12-25)20-30-17-15-23(16-18-30)27(31)28-19-21-5-3-2-4-6-21/h7-14,21,23,29H,2-6,15-20H2,1H3,(H,28,31). The average Bonchev–Trinajstić information content (AvgIpc) is 2.85. The minimum absolute atomic E-state index is 0.143. The Morgan fingerprint density at radius 2 is 1.51 bits per heavy atom. The van der Waals surface area contributed by atoms with Gasteiger partial charge in [-0.1, -0.05) is 31.4 Å². The molecule has 0 spiro atoms. The number of amides is 1. The maximum Gasteiger partial charge on any atom is 0.229 e. The first-order chi connectivity index (χ1) is 16.8. The smallest absolute Gasteiger partial charge is 0.229 e. The molecule has 1 saturated heterocycles. The third-order valence-corrected chi connectivity index (χ3v) is 7.58. The molecule has 2 fully saturated rings.